The first-order chi connectivity index (χ1) is 8.62. The predicted molar refractivity (Wildman–Crippen MR) is 76.6 cm³/mol. The number of terminal acetylenes is 1. The molecule has 0 aliphatic carbocycles. The Labute approximate surface area is 116 Å². The fourth-order valence-electron chi connectivity index (χ4n) is 1.78. The van der Waals surface area contributed by atoms with Crippen molar-refractivity contribution in [2.75, 3.05) is 6.54 Å². The Kier molecular flexibility index (Phi) is 6.34. The number of benzene rings is 1. The zero-order valence-corrected chi connectivity index (χ0v) is 12.0. The minimum Gasteiger partial charge on any atom is -0.329 e. The van der Waals surface area contributed by atoms with Crippen LogP contribution in [0.25, 0.3) is 0 Å². The highest BCUT2D eigenvalue weighted by atomic mass is 79.9. The molecule has 0 bridgehead atoms. The van der Waals surface area contributed by atoms with Gasteiger partial charge in [-0.25, -0.2) is 4.39 Å². The molecule has 1 rings (SSSR count). The van der Waals surface area contributed by atoms with Gasteiger partial charge in [-0.05, 0) is 40.0 Å². The average molecular weight is 313 g/mol. The Morgan fingerprint density at radius 3 is 2.78 bits per heavy atom. The van der Waals surface area contributed by atoms with Gasteiger partial charge in [0, 0.05) is 12.6 Å². The lowest BCUT2D eigenvalue weighted by Crippen LogP contribution is -2.35. The van der Waals surface area contributed by atoms with Crippen molar-refractivity contribution in [3.8, 4) is 12.3 Å². The molecule has 2 nitrogen and oxygen atoms in total. The number of halogens is 2. The van der Waals surface area contributed by atoms with E-state index in [1.807, 2.05) is 6.07 Å². The van der Waals surface area contributed by atoms with E-state index >= 15 is 0 Å². The molecule has 0 aliphatic heterocycles. The highest BCUT2D eigenvalue weighted by Crippen LogP contribution is 2.21. The molecule has 98 valence electrons. The van der Waals surface area contributed by atoms with E-state index in [0.29, 0.717) is 11.0 Å². The van der Waals surface area contributed by atoms with Crippen molar-refractivity contribution in [2.45, 2.75) is 31.8 Å². The fourth-order valence-corrected chi connectivity index (χ4v) is 2.02. The van der Waals surface area contributed by atoms with E-state index in [9.17, 15) is 4.39 Å². The van der Waals surface area contributed by atoms with E-state index in [1.165, 1.54) is 6.07 Å². The van der Waals surface area contributed by atoms with E-state index in [2.05, 4.69) is 34.1 Å². The number of nitrogens with one attached hydrogen (secondary N) is 1. The largest absolute Gasteiger partial charge is 0.329 e. The summed E-state index contributed by atoms with van der Waals surface area (Å²) in [7, 11) is 0. The van der Waals surface area contributed by atoms with Crippen LogP contribution in [0.15, 0.2) is 22.7 Å². The lowest BCUT2D eigenvalue weighted by Gasteiger charge is -2.22. The third-order valence-corrected chi connectivity index (χ3v) is 3.41. The quantitative estimate of drug-likeness (QED) is 0.793. The van der Waals surface area contributed by atoms with Gasteiger partial charge >= 0.3 is 0 Å². The summed E-state index contributed by atoms with van der Waals surface area (Å²) < 4.78 is 13.9. The van der Waals surface area contributed by atoms with E-state index in [4.69, 9.17) is 12.2 Å². The number of rotatable bonds is 6. The summed E-state index contributed by atoms with van der Waals surface area (Å²) in [4.78, 5) is 0. The molecule has 0 saturated heterocycles. The Bertz CT molecular complexity index is 428. The first-order valence-corrected chi connectivity index (χ1v) is 6.78. The van der Waals surface area contributed by atoms with E-state index in [1.54, 1.807) is 6.07 Å². The molecule has 1 aromatic rings. The summed E-state index contributed by atoms with van der Waals surface area (Å²) in [6, 6.07) is 4.85. The molecule has 0 radical (unpaired) electrons. The maximum absolute atomic E-state index is 13.5. The van der Waals surface area contributed by atoms with Gasteiger partial charge in [-0.1, -0.05) is 25.3 Å². The fraction of sp³-hybridized carbons (Fsp3) is 0.429. The Morgan fingerprint density at radius 1 is 1.56 bits per heavy atom. The number of hydrogen-bond acceptors (Lipinski definition) is 2. The van der Waals surface area contributed by atoms with Crippen LogP contribution in [-0.4, -0.2) is 12.6 Å². The van der Waals surface area contributed by atoms with Crippen molar-refractivity contribution in [3.63, 3.8) is 0 Å². The van der Waals surface area contributed by atoms with Gasteiger partial charge in [0.05, 0.1) is 10.5 Å². The van der Waals surface area contributed by atoms with Gasteiger partial charge in [-0.15, -0.1) is 6.42 Å². The zero-order chi connectivity index (χ0) is 13.5. The second-order valence-electron chi connectivity index (χ2n) is 4.14. The zero-order valence-electron chi connectivity index (χ0n) is 10.4. The van der Waals surface area contributed by atoms with Crippen LogP contribution >= 0.6 is 15.9 Å². The first-order valence-electron chi connectivity index (χ1n) is 5.99. The van der Waals surface area contributed by atoms with Crippen molar-refractivity contribution in [2.24, 2.45) is 5.73 Å². The average Bonchev–Trinajstić information content (AvgIpc) is 2.38. The molecule has 0 aromatic heterocycles. The molecule has 0 amide bonds. The van der Waals surface area contributed by atoms with Gasteiger partial charge in [0.1, 0.15) is 5.82 Å². The van der Waals surface area contributed by atoms with Gasteiger partial charge in [0.2, 0.25) is 0 Å². The molecular weight excluding hydrogens is 295 g/mol. The molecule has 4 heteroatoms. The van der Waals surface area contributed by atoms with Crippen molar-refractivity contribution in [1.82, 2.24) is 5.32 Å². The van der Waals surface area contributed by atoms with Crippen LogP contribution < -0.4 is 11.1 Å². The molecule has 1 aromatic carbocycles. The van der Waals surface area contributed by atoms with Gasteiger partial charge < -0.3 is 5.73 Å². The third kappa shape index (κ3) is 4.09. The molecule has 2 atom stereocenters. The van der Waals surface area contributed by atoms with E-state index in [0.717, 1.165) is 18.4 Å². The summed E-state index contributed by atoms with van der Waals surface area (Å²) in [5.41, 5.74) is 6.54. The molecule has 18 heavy (non-hydrogen) atoms. The van der Waals surface area contributed by atoms with Gasteiger partial charge in [0.15, 0.2) is 0 Å². The number of hydrogen-bond donors (Lipinski definition) is 2. The smallest absolute Gasteiger partial charge is 0.137 e. The summed E-state index contributed by atoms with van der Waals surface area (Å²) in [5.74, 6) is 2.40. The van der Waals surface area contributed by atoms with Crippen molar-refractivity contribution < 1.29 is 4.39 Å². The molecular formula is C14H18BrFN2. The van der Waals surface area contributed by atoms with Crippen molar-refractivity contribution in [3.05, 3.63) is 34.1 Å². The van der Waals surface area contributed by atoms with Crippen LogP contribution in [0, 0.1) is 18.2 Å². The summed E-state index contributed by atoms with van der Waals surface area (Å²) >= 11 is 3.13. The second kappa shape index (κ2) is 7.52. The molecule has 3 N–H and O–H groups in total. The third-order valence-electron chi connectivity index (χ3n) is 2.76. The predicted octanol–water partition coefficient (Wildman–Crippen LogP) is 2.98. The van der Waals surface area contributed by atoms with E-state index < -0.39 is 0 Å². The Balaban J connectivity index is 2.82. The van der Waals surface area contributed by atoms with E-state index in [-0.39, 0.29) is 17.9 Å². The maximum Gasteiger partial charge on any atom is 0.137 e. The molecule has 0 heterocycles. The summed E-state index contributed by atoms with van der Waals surface area (Å²) in [6.07, 6.45) is 7.33. The van der Waals surface area contributed by atoms with Crippen LogP contribution in [0.2, 0.25) is 0 Å². The van der Waals surface area contributed by atoms with Crippen LogP contribution in [-0.2, 0) is 0 Å². The maximum atomic E-state index is 13.5. The molecule has 0 spiro atoms. The first kappa shape index (κ1) is 15.2. The molecule has 0 fully saturated rings. The normalized spacial score (nSPS) is 13.9. The lowest BCUT2D eigenvalue weighted by molar-refractivity contribution is 0.473. The highest BCUT2D eigenvalue weighted by Gasteiger charge is 2.15. The van der Waals surface area contributed by atoms with Crippen LogP contribution in [0.4, 0.5) is 4.39 Å². The lowest BCUT2D eigenvalue weighted by atomic mass is 10.0. The van der Waals surface area contributed by atoms with Crippen molar-refractivity contribution >= 4 is 15.9 Å². The summed E-state index contributed by atoms with van der Waals surface area (Å²) in [6.45, 7) is 2.45. The summed E-state index contributed by atoms with van der Waals surface area (Å²) in [5, 5.41) is 3.27. The van der Waals surface area contributed by atoms with Crippen LogP contribution in [0.5, 0.6) is 0 Å². The molecule has 0 aliphatic rings. The highest BCUT2D eigenvalue weighted by molar-refractivity contribution is 9.10. The van der Waals surface area contributed by atoms with Crippen LogP contribution in [0.1, 0.15) is 31.4 Å². The number of nitrogens with two attached hydrogens (primary N) is 1. The monoisotopic (exact) mass is 312 g/mol. The Hall–Kier alpha value is -0.890. The topological polar surface area (TPSA) is 38.0 Å². The van der Waals surface area contributed by atoms with Gasteiger partial charge in [0.25, 0.3) is 0 Å². The molecule has 0 saturated carbocycles. The van der Waals surface area contributed by atoms with Gasteiger partial charge in [-0.3, -0.25) is 5.32 Å². The standard InChI is InChI=1S/C14H18BrFN2/c1-3-5-11(4-2)18-14(9-17)10-6-7-12(15)13(16)8-10/h2,6-8,11,14,18H,3,5,9,17H2,1H3. The van der Waals surface area contributed by atoms with Crippen LogP contribution in [0.3, 0.4) is 0 Å². The molecule has 2 unspecified atom stereocenters. The van der Waals surface area contributed by atoms with Crippen molar-refractivity contribution in [1.29, 1.82) is 0 Å². The minimum absolute atomic E-state index is 0.0322. The van der Waals surface area contributed by atoms with Gasteiger partial charge in [-0.2, -0.15) is 0 Å². The SMILES string of the molecule is C#CC(CCC)NC(CN)c1ccc(Br)c(F)c1. The minimum atomic E-state index is -0.291. The second-order valence-corrected chi connectivity index (χ2v) is 4.99. The Morgan fingerprint density at radius 2 is 2.28 bits per heavy atom.